The number of ether oxygens (including phenoxy) is 1. The van der Waals surface area contributed by atoms with Crippen LogP contribution in [0.15, 0.2) is 60.9 Å². The second-order valence-electron chi connectivity index (χ2n) is 7.57. The number of aromatic nitrogens is 2. The minimum atomic E-state index is -0.375. The van der Waals surface area contributed by atoms with Crippen molar-refractivity contribution in [3.05, 3.63) is 87.7 Å². The number of benzene rings is 2. The molecule has 1 saturated heterocycles. The van der Waals surface area contributed by atoms with E-state index in [2.05, 4.69) is 31.9 Å². The van der Waals surface area contributed by atoms with Crippen LogP contribution < -0.4 is 9.64 Å². The third-order valence-corrected chi connectivity index (χ3v) is 5.47. The molecule has 2 heterocycles. The number of nitrogens with zero attached hydrogens (tertiary/aromatic N) is 5. The summed E-state index contributed by atoms with van der Waals surface area (Å²) < 4.78 is 5.39. The Morgan fingerprint density at radius 1 is 1.00 bits per heavy atom. The lowest BCUT2D eigenvalue weighted by molar-refractivity contribution is -0.385. The smallest absolute Gasteiger partial charge is 0.270 e. The molecule has 0 saturated carbocycles. The van der Waals surface area contributed by atoms with Crippen LogP contribution in [0.4, 0.5) is 11.6 Å². The van der Waals surface area contributed by atoms with Crippen LogP contribution in [-0.4, -0.2) is 53.1 Å². The van der Waals surface area contributed by atoms with Crippen LogP contribution in [0.2, 0.25) is 0 Å². The molecule has 0 amide bonds. The summed E-state index contributed by atoms with van der Waals surface area (Å²) in [6, 6.07) is 15.0. The van der Waals surface area contributed by atoms with E-state index in [1.807, 2.05) is 30.6 Å². The average molecular weight is 419 g/mol. The van der Waals surface area contributed by atoms with Gasteiger partial charge in [-0.2, -0.15) is 0 Å². The maximum atomic E-state index is 11.1. The Morgan fingerprint density at radius 2 is 1.71 bits per heavy atom. The van der Waals surface area contributed by atoms with Gasteiger partial charge < -0.3 is 9.64 Å². The molecule has 0 aliphatic carbocycles. The molecule has 1 aliphatic rings. The maximum absolute atomic E-state index is 11.1. The monoisotopic (exact) mass is 419 g/mol. The molecule has 0 spiro atoms. The number of rotatable bonds is 7. The quantitative estimate of drug-likeness (QED) is 0.429. The fourth-order valence-corrected chi connectivity index (χ4v) is 3.78. The topological polar surface area (TPSA) is 84.6 Å². The van der Waals surface area contributed by atoms with E-state index in [0.717, 1.165) is 49.7 Å². The fraction of sp³-hybridized carbons (Fsp3) is 0.304. The summed E-state index contributed by atoms with van der Waals surface area (Å²) in [6.07, 6.45) is 4.62. The average Bonchev–Trinajstić information content (AvgIpc) is 2.81. The third-order valence-electron chi connectivity index (χ3n) is 5.47. The molecule has 1 aliphatic heterocycles. The van der Waals surface area contributed by atoms with Crippen LogP contribution in [0.5, 0.6) is 5.75 Å². The number of hydrogen-bond acceptors (Lipinski definition) is 7. The second-order valence-corrected chi connectivity index (χ2v) is 7.57. The van der Waals surface area contributed by atoms with Gasteiger partial charge in [-0.1, -0.05) is 30.3 Å². The lowest BCUT2D eigenvalue weighted by Gasteiger charge is -2.34. The molecule has 0 atom stereocenters. The summed E-state index contributed by atoms with van der Waals surface area (Å²) in [7, 11) is 1.58. The minimum Gasteiger partial charge on any atom is -0.496 e. The second kappa shape index (κ2) is 9.53. The lowest BCUT2D eigenvalue weighted by atomic mass is 10.1. The largest absolute Gasteiger partial charge is 0.496 e. The molecule has 0 bridgehead atoms. The van der Waals surface area contributed by atoms with Crippen LogP contribution in [0.25, 0.3) is 0 Å². The van der Waals surface area contributed by atoms with Gasteiger partial charge in [0.25, 0.3) is 5.69 Å². The van der Waals surface area contributed by atoms with Crippen molar-refractivity contribution in [1.29, 1.82) is 0 Å². The zero-order chi connectivity index (χ0) is 21.6. The van der Waals surface area contributed by atoms with Gasteiger partial charge in [0.2, 0.25) is 5.95 Å². The number of nitro groups is 1. The summed E-state index contributed by atoms with van der Waals surface area (Å²) in [4.78, 5) is 24.3. The van der Waals surface area contributed by atoms with E-state index >= 15 is 0 Å². The zero-order valence-corrected chi connectivity index (χ0v) is 17.5. The van der Waals surface area contributed by atoms with Gasteiger partial charge in [0, 0.05) is 69.2 Å². The molecule has 1 aromatic heterocycles. The first-order valence-electron chi connectivity index (χ1n) is 10.3. The van der Waals surface area contributed by atoms with Crippen molar-refractivity contribution in [2.45, 2.75) is 13.0 Å². The predicted octanol–water partition coefficient (Wildman–Crippen LogP) is 3.31. The summed E-state index contributed by atoms with van der Waals surface area (Å²) in [6.45, 7) is 3.85. The van der Waals surface area contributed by atoms with Gasteiger partial charge in [-0.15, -0.1) is 0 Å². The Balaban J connectivity index is 1.35. The Morgan fingerprint density at radius 3 is 2.35 bits per heavy atom. The van der Waals surface area contributed by atoms with E-state index in [0.29, 0.717) is 12.3 Å². The number of methoxy groups -OCH3 is 1. The van der Waals surface area contributed by atoms with Gasteiger partial charge in [-0.25, -0.2) is 9.97 Å². The van der Waals surface area contributed by atoms with Crippen molar-refractivity contribution in [2.75, 3.05) is 38.2 Å². The zero-order valence-electron chi connectivity index (χ0n) is 17.5. The van der Waals surface area contributed by atoms with Gasteiger partial charge in [-0.3, -0.25) is 15.0 Å². The highest BCUT2D eigenvalue weighted by Crippen LogP contribution is 2.26. The summed E-state index contributed by atoms with van der Waals surface area (Å²) in [5.74, 6) is 1.41. The van der Waals surface area contributed by atoms with Gasteiger partial charge in [-0.05, 0) is 17.2 Å². The van der Waals surface area contributed by atoms with E-state index in [4.69, 9.17) is 4.74 Å². The van der Waals surface area contributed by atoms with Gasteiger partial charge in [0.05, 0.1) is 12.0 Å². The van der Waals surface area contributed by atoms with Crippen LogP contribution in [-0.2, 0) is 13.0 Å². The van der Waals surface area contributed by atoms with Crippen LogP contribution >= 0.6 is 0 Å². The molecule has 160 valence electrons. The molecule has 0 N–H and O–H groups in total. The minimum absolute atomic E-state index is 0.0819. The van der Waals surface area contributed by atoms with Crippen molar-refractivity contribution < 1.29 is 9.66 Å². The first-order valence-corrected chi connectivity index (χ1v) is 10.3. The maximum Gasteiger partial charge on any atom is 0.270 e. The van der Waals surface area contributed by atoms with Gasteiger partial charge >= 0.3 is 0 Å². The van der Waals surface area contributed by atoms with E-state index in [-0.39, 0.29) is 10.6 Å². The van der Waals surface area contributed by atoms with E-state index < -0.39 is 0 Å². The van der Waals surface area contributed by atoms with Crippen LogP contribution in [0, 0.1) is 10.1 Å². The molecular weight excluding hydrogens is 394 g/mol. The Hall–Kier alpha value is -3.52. The number of hydrogen-bond donors (Lipinski definition) is 0. The SMILES string of the molecule is COc1ccc([N+](=O)[O-])cc1CN1CCN(c2ncc(Cc3ccccc3)cn2)CC1. The summed E-state index contributed by atoms with van der Waals surface area (Å²) >= 11 is 0. The molecule has 2 aromatic carbocycles. The first-order chi connectivity index (χ1) is 15.1. The Kier molecular flexibility index (Phi) is 6.37. The summed E-state index contributed by atoms with van der Waals surface area (Å²) in [5, 5.41) is 11.1. The highest BCUT2D eigenvalue weighted by atomic mass is 16.6. The van der Waals surface area contributed by atoms with Crippen molar-refractivity contribution in [3.63, 3.8) is 0 Å². The molecule has 8 heteroatoms. The number of non-ortho nitro benzene ring substituents is 1. The predicted molar refractivity (Wildman–Crippen MR) is 118 cm³/mol. The lowest BCUT2D eigenvalue weighted by Crippen LogP contribution is -2.46. The number of anilines is 1. The summed E-state index contributed by atoms with van der Waals surface area (Å²) in [5.41, 5.74) is 3.24. The third kappa shape index (κ3) is 5.16. The fourth-order valence-electron chi connectivity index (χ4n) is 3.78. The van der Waals surface area contributed by atoms with Crippen molar-refractivity contribution in [3.8, 4) is 5.75 Å². The van der Waals surface area contributed by atoms with E-state index in [1.54, 1.807) is 19.2 Å². The molecule has 31 heavy (non-hydrogen) atoms. The van der Waals surface area contributed by atoms with Gasteiger partial charge in [0.1, 0.15) is 5.75 Å². The Labute approximate surface area is 181 Å². The Bertz CT molecular complexity index is 1020. The first kappa shape index (κ1) is 20.7. The van der Waals surface area contributed by atoms with E-state index in [9.17, 15) is 10.1 Å². The normalized spacial score (nSPS) is 14.4. The highest BCUT2D eigenvalue weighted by molar-refractivity contribution is 5.44. The standard InChI is InChI=1S/C23H25N5O3/c1-31-22-8-7-21(28(29)30)14-20(22)17-26-9-11-27(12-10-26)23-24-15-19(16-25-23)13-18-5-3-2-4-6-18/h2-8,14-16H,9-13,17H2,1H3. The van der Waals surface area contributed by atoms with Crippen molar-refractivity contribution in [1.82, 2.24) is 14.9 Å². The molecule has 0 radical (unpaired) electrons. The number of nitro benzene ring substituents is 1. The van der Waals surface area contributed by atoms with Crippen molar-refractivity contribution >= 4 is 11.6 Å². The van der Waals surface area contributed by atoms with Crippen molar-refractivity contribution in [2.24, 2.45) is 0 Å². The molecule has 3 aromatic rings. The van der Waals surface area contributed by atoms with Crippen LogP contribution in [0.3, 0.4) is 0 Å². The molecular formula is C23H25N5O3. The van der Waals surface area contributed by atoms with E-state index in [1.165, 1.54) is 11.6 Å². The van der Waals surface area contributed by atoms with Crippen LogP contribution in [0.1, 0.15) is 16.7 Å². The molecule has 1 fully saturated rings. The molecule has 4 rings (SSSR count). The molecule has 8 nitrogen and oxygen atoms in total. The molecule has 0 unspecified atom stereocenters. The number of piperazine rings is 1. The van der Waals surface area contributed by atoms with Gasteiger partial charge in [0.15, 0.2) is 0 Å². The highest BCUT2D eigenvalue weighted by Gasteiger charge is 2.21.